The van der Waals surface area contributed by atoms with E-state index in [4.69, 9.17) is 0 Å². The van der Waals surface area contributed by atoms with Crippen LogP contribution < -0.4 is 0 Å². The topological polar surface area (TPSA) is 3.24 Å². The monoisotopic (exact) mass is 245 g/mol. The van der Waals surface area contributed by atoms with Crippen molar-refractivity contribution in [1.82, 2.24) is 4.90 Å². The largest absolute Gasteiger partial charge is 0.297 e. The summed E-state index contributed by atoms with van der Waals surface area (Å²) < 4.78 is 0. The molecule has 1 nitrogen and oxygen atoms in total. The summed E-state index contributed by atoms with van der Waals surface area (Å²) in [4.78, 5) is 2.80. The molecule has 0 aromatic heterocycles. The molecule has 0 radical (unpaired) electrons. The average Bonchev–Trinajstić information content (AvgIpc) is 2.71. The number of hydrogen-bond donors (Lipinski definition) is 0. The lowest BCUT2D eigenvalue weighted by Crippen LogP contribution is -2.37. The number of likely N-dealkylation sites (tertiary alicyclic amines) is 1. The van der Waals surface area contributed by atoms with E-state index in [1.165, 1.54) is 56.8 Å². The summed E-state index contributed by atoms with van der Waals surface area (Å²) in [6, 6.07) is 1.86. The lowest BCUT2D eigenvalue weighted by atomic mass is 10.1. The SMILES string of the molecule is BrCCC1CCCN1C1CCCC1. The normalized spacial score (nSPS) is 31.6. The molecule has 76 valence electrons. The Morgan fingerprint density at radius 3 is 2.54 bits per heavy atom. The zero-order valence-corrected chi connectivity index (χ0v) is 9.93. The minimum atomic E-state index is 0.905. The number of nitrogens with zero attached hydrogens (tertiary/aromatic N) is 1. The van der Waals surface area contributed by atoms with E-state index in [2.05, 4.69) is 20.8 Å². The van der Waals surface area contributed by atoms with Crippen LogP contribution >= 0.6 is 15.9 Å². The molecule has 1 aliphatic heterocycles. The smallest absolute Gasteiger partial charge is 0.0107 e. The first-order chi connectivity index (χ1) is 6.42. The van der Waals surface area contributed by atoms with Crippen LogP contribution in [0.25, 0.3) is 0 Å². The second-order valence-corrected chi connectivity index (χ2v) is 5.24. The van der Waals surface area contributed by atoms with Crippen LogP contribution in [0.1, 0.15) is 44.9 Å². The minimum absolute atomic E-state index is 0.905. The van der Waals surface area contributed by atoms with E-state index in [9.17, 15) is 0 Å². The predicted octanol–water partition coefficient (Wildman–Crippen LogP) is 3.18. The van der Waals surface area contributed by atoms with Gasteiger partial charge < -0.3 is 0 Å². The fraction of sp³-hybridized carbons (Fsp3) is 1.00. The maximum atomic E-state index is 3.57. The van der Waals surface area contributed by atoms with Crippen molar-refractivity contribution >= 4 is 15.9 Å². The molecule has 0 amide bonds. The number of alkyl halides is 1. The maximum absolute atomic E-state index is 3.57. The average molecular weight is 246 g/mol. The molecule has 2 fully saturated rings. The molecule has 0 N–H and O–H groups in total. The van der Waals surface area contributed by atoms with E-state index in [1.807, 2.05) is 0 Å². The number of rotatable bonds is 3. The zero-order valence-electron chi connectivity index (χ0n) is 8.34. The van der Waals surface area contributed by atoms with E-state index in [0.29, 0.717) is 0 Å². The molecule has 1 saturated carbocycles. The molecule has 0 bridgehead atoms. The van der Waals surface area contributed by atoms with Gasteiger partial charge in [0.25, 0.3) is 0 Å². The lowest BCUT2D eigenvalue weighted by Gasteiger charge is -2.30. The lowest BCUT2D eigenvalue weighted by molar-refractivity contribution is 0.179. The standard InChI is InChI=1S/C11H20BrN/c12-8-7-11-6-3-9-13(11)10-4-1-2-5-10/h10-11H,1-9H2. The van der Waals surface area contributed by atoms with Gasteiger partial charge >= 0.3 is 0 Å². The van der Waals surface area contributed by atoms with Gasteiger partial charge in [0, 0.05) is 17.4 Å². The molecule has 0 aromatic rings. The molecule has 0 spiro atoms. The zero-order chi connectivity index (χ0) is 9.10. The number of hydrogen-bond acceptors (Lipinski definition) is 1. The minimum Gasteiger partial charge on any atom is -0.297 e. The highest BCUT2D eigenvalue weighted by molar-refractivity contribution is 9.09. The molecule has 1 heterocycles. The van der Waals surface area contributed by atoms with E-state index in [0.717, 1.165) is 12.1 Å². The summed E-state index contributed by atoms with van der Waals surface area (Å²) >= 11 is 3.57. The summed E-state index contributed by atoms with van der Waals surface area (Å²) in [6.45, 7) is 1.38. The van der Waals surface area contributed by atoms with Crippen LogP contribution in [-0.4, -0.2) is 28.9 Å². The third-order valence-corrected chi connectivity index (χ3v) is 4.12. The summed E-state index contributed by atoms with van der Waals surface area (Å²) in [5.41, 5.74) is 0. The Labute approximate surface area is 90.0 Å². The van der Waals surface area contributed by atoms with E-state index in [1.54, 1.807) is 0 Å². The van der Waals surface area contributed by atoms with Crippen LogP contribution in [0.4, 0.5) is 0 Å². The fourth-order valence-electron chi connectivity index (χ4n) is 3.01. The molecule has 1 atom stereocenters. The van der Waals surface area contributed by atoms with E-state index in [-0.39, 0.29) is 0 Å². The molecule has 13 heavy (non-hydrogen) atoms. The van der Waals surface area contributed by atoms with Crippen LogP contribution in [0, 0.1) is 0 Å². The van der Waals surface area contributed by atoms with Crippen molar-refractivity contribution < 1.29 is 0 Å². The Morgan fingerprint density at radius 1 is 1.08 bits per heavy atom. The van der Waals surface area contributed by atoms with Crippen molar-refractivity contribution in [3.05, 3.63) is 0 Å². The summed E-state index contributed by atoms with van der Waals surface area (Å²) in [6.07, 6.45) is 10.1. The van der Waals surface area contributed by atoms with Crippen molar-refractivity contribution in [2.24, 2.45) is 0 Å². The van der Waals surface area contributed by atoms with Crippen molar-refractivity contribution in [1.29, 1.82) is 0 Å². The van der Waals surface area contributed by atoms with Gasteiger partial charge in [-0.3, -0.25) is 4.90 Å². The molecule has 2 heteroatoms. The predicted molar refractivity (Wildman–Crippen MR) is 60.4 cm³/mol. The highest BCUT2D eigenvalue weighted by Gasteiger charge is 2.31. The highest BCUT2D eigenvalue weighted by Crippen LogP contribution is 2.31. The molecular formula is C11H20BrN. The highest BCUT2D eigenvalue weighted by atomic mass is 79.9. The van der Waals surface area contributed by atoms with Gasteiger partial charge in [-0.1, -0.05) is 28.8 Å². The Hall–Kier alpha value is 0.440. The summed E-state index contributed by atoms with van der Waals surface area (Å²) in [5, 5.41) is 1.18. The van der Waals surface area contributed by atoms with Crippen molar-refractivity contribution in [2.75, 3.05) is 11.9 Å². The Bertz CT molecular complexity index is 154. The second-order valence-electron chi connectivity index (χ2n) is 4.45. The first-order valence-electron chi connectivity index (χ1n) is 5.73. The van der Waals surface area contributed by atoms with Crippen LogP contribution in [0.5, 0.6) is 0 Å². The second kappa shape index (κ2) is 4.79. The quantitative estimate of drug-likeness (QED) is 0.691. The summed E-state index contributed by atoms with van der Waals surface area (Å²) in [7, 11) is 0. The van der Waals surface area contributed by atoms with Crippen LogP contribution in [0.2, 0.25) is 0 Å². The van der Waals surface area contributed by atoms with Crippen LogP contribution in [0.3, 0.4) is 0 Å². The molecule has 1 unspecified atom stereocenters. The first-order valence-corrected chi connectivity index (χ1v) is 6.85. The molecule has 1 aliphatic carbocycles. The van der Waals surface area contributed by atoms with Gasteiger partial charge in [-0.25, -0.2) is 0 Å². The van der Waals surface area contributed by atoms with Gasteiger partial charge in [0.1, 0.15) is 0 Å². The molecule has 0 aromatic carbocycles. The molecule has 2 rings (SSSR count). The van der Waals surface area contributed by atoms with Crippen molar-refractivity contribution in [2.45, 2.75) is 57.0 Å². The first kappa shape index (κ1) is 9.97. The van der Waals surface area contributed by atoms with Gasteiger partial charge in [-0.2, -0.15) is 0 Å². The third-order valence-electron chi connectivity index (χ3n) is 3.66. The van der Waals surface area contributed by atoms with Gasteiger partial charge in [0.05, 0.1) is 0 Å². The van der Waals surface area contributed by atoms with E-state index >= 15 is 0 Å². The number of halogens is 1. The van der Waals surface area contributed by atoms with Crippen molar-refractivity contribution in [3.8, 4) is 0 Å². The van der Waals surface area contributed by atoms with Crippen molar-refractivity contribution in [3.63, 3.8) is 0 Å². The molecule has 1 saturated heterocycles. The van der Waals surface area contributed by atoms with E-state index < -0.39 is 0 Å². The Balaban J connectivity index is 1.88. The fourth-order valence-corrected chi connectivity index (χ4v) is 3.54. The van der Waals surface area contributed by atoms with Gasteiger partial charge in [-0.15, -0.1) is 0 Å². The molecular weight excluding hydrogens is 226 g/mol. The Morgan fingerprint density at radius 2 is 1.85 bits per heavy atom. The van der Waals surface area contributed by atoms with Crippen LogP contribution in [-0.2, 0) is 0 Å². The third kappa shape index (κ3) is 2.27. The Kier molecular flexibility index (Phi) is 3.67. The molecule has 2 aliphatic rings. The maximum Gasteiger partial charge on any atom is 0.0107 e. The van der Waals surface area contributed by atoms with Gasteiger partial charge in [-0.05, 0) is 38.6 Å². The van der Waals surface area contributed by atoms with Gasteiger partial charge in [0.15, 0.2) is 0 Å². The van der Waals surface area contributed by atoms with Gasteiger partial charge in [0.2, 0.25) is 0 Å². The van der Waals surface area contributed by atoms with Crippen LogP contribution in [0.15, 0.2) is 0 Å². The summed E-state index contributed by atoms with van der Waals surface area (Å²) in [5.74, 6) is 0.